The van der Waals surface area contributed by atoms with E-state index in [-0.39, 0.29) is 0 Å². The zero-order valence-corrected chi connectivity index (χ0v) is 7.58. The second-order valence-electron chi connectivity index (χ2n) is 2.60. The number of rotatable bonds is 6. The number of carbonyl (C=O) groups excluding carboxylic acids is 1. The van der Waals surface area contributed by atoms with E-state index < -0.39 is 6.09 Å². The molecule has 0 aromatic heterocycles. The van der Waals surface area contributed by atoms with Gasteiger partial charge in [-0.25, -0.2) is 4.79 Å². The van der Waals surface area contributed by atoms with Crippen LogP contribution in [0.5, 0.6) is 0 Å². The highest BCUT2D eigenvalue weighted by Gasteiger charge is 1.87. The molecule has 1 amide bonds. The average molecular weight is 171 g/mol. The molecule has 3 heteroatoms. The molecule has 0 rings (SSSR count). The number of allylic oxidation sites excluding steroid dienone is 1. The van der Waals surface area contributed by atoms with Gasteiger partial charge < -0.3 is 10.5 Å². The Bertz CT molecular complexity index is 143. The first-order valence-corrected chi connectivity index (χ1v) is 4.34. The van der Waals surface area contributed by atoms with Crippen molar-refractivity contribution in [1.29, 1.82) is 0 Å². The molecule has 0 atom stereocenters. The number of carbonyl (C=O) groups is 1. The Morgan fingerprint density at radius 2 is 2.17 bits per heavy atom. The molecule has 70 valence electrons. The van der Waals surface area contributed by atoms with Crippen molar-refractivity contribution in [1.82, 2.24) is 0 Å². The maximum Gasteiger partial charge on any atom is 0.404 e. The summed E-state index contributed by atoms with van der Waals surface area (Å²) in [6, 6.07) is 0. The van der Waals surface area contributed by atoms with E-state index in [0.29, 0.717) is 6.61 Å². The standard InChI is InChI=1S/C9H17NO2/c1-2-3-4-5-6-7-8-12-9(10)11/h6-7H,2-5,8H2,1H3,(H2,10,11)/b7-6+. The molecule has 0 heterocycles. The maximum absolute atomic E-state index is 10.1. The van der Waals surface area contributed by atoms with Gasteiger partial charge in [0.25, 0.3) is 0 Å². The quantitative estimate of drug-likeness (QED) is 0.492. The molecule has 0 saturated heterocycles. The molecule has 0 aromatic rings. The fourth-order valence-electron chi connectivity index (χ4n) is 0.828. The summed E-state index contributed by atoms with van der Waals surface area (Å²) in [7, 11) is 0. The van der Waals surface area contributed by atoms with Crippen molar-refractivity contribution in [2.45, 2.75) is 32.6 Å². The van der Waals surface area contributed by atoms with E-state index in [2.05, 4.69) is 11.7 Å². The summed E-state index contributed by atoms with van der Waals surface area (Å²) in [6.07, 6.45) is 7.85. The van der Waals surface area contributed by atoms with Crippen LogP contribution in [0.25, 0.3) is 0 Å². The molecule has 0 aliphatic heterocycles. The van der Waals surface area contributed by atoms with Crippen molar-refractivity contribution in [3.05, 3.63) is 12.2 Å². The molecule has 0 aliphatic rings. The van der Waals surface area contributed by atoms with E-state index in [0.717, 1.165) is 6.42 Å². The molecule has 0 saturated carbocycles. The van der Waals surface area contributed by atoms with Crippen LogP contribution in [0, 0.1) is 0 Å². The fourth-order valence-corrected chi connectivity index (χ4v) is 0.828. The van der Waals surface area contributed by atoms with E-state index >= 15 is 0 Å². The number of nitrogens with two attached hydrogens (primary N) is 1. The highest BCUT2D eigenvalue weighted by atomic mass is 16.5. The summed E-state index contributed by atoms with van der Waals surface area (Å²) >= 11 is 0. The van der Waals surface area contributed by atoms with Gasteiger partial charge in [0.1, 0.15) is 6.61 Å². The molecule has 0 fully saturated rings. The predicted octanol–water partition coefficient (Wildman–Crippen LogP) is 2.22. The normalized spacial score (nSPS) is 10.4. The first kappa shape index (κ1) is 11.0. The summed E-state index contributed by atoms with van der Waals surface area (Å²) in [5.74, 6) is 0. The van der Waals surface area contributed by atoms with Crippen LogP contribution in [0.3, 0.4) is 0 Å². The van der Waals surface area contributed by atoms with Crippen molar-refractivity contribution in [3.8, 4) is 0 Å². The van der Waals surface area contributed by atoms with Crippen molar-refractivity contribution < 1.29 is 9.53 Å². The number of unbranched alkanes of at least 4 members (excludes halogenated alkanes) is 3. The molecule has 0 bridgehead atoms. The van der Waals surface area contributed by atoms with Crippen LogP contribution in [0.15, 0.2) is 12.2 Å². The molecule has 0 unspecified atom stereocenters. The lowest BCUT2D eigenvalue weighted by Crippen LogP contribution is -2.12. The monoisotopic (exact) mass is 171 g/mol. The Morgan fingerprint density at radius 3 is 2.75 bits per heavy atom. The average Bonchev–Trinajstić information content (AvgIpc) is 2.02. The zero-order valence-electron chi connectivity index (χ0n) is 7.58. The van der Waals surface area contributed by atoms with Crippen LogP contribution in [0.4, 0.5) is 4.79 Å². The van der Waals surface area contributed by atoms with E-state index in [1.807, 2.05) is 12.2 Å². The second kappa shape index (κ2) is 8.11. The third kappa shape index (κ3) is 9.01. The van der Waals surface area contributed by atoms with Crippen LogP contribution in [0.2, 0.25) is 0 Å². The summed E-state index contributed by atoms with van der Waals surface area (Å²) in [5.41, 5.74) is 4.76. The SMILES string of the molecule is CCCCC/C=C/COC(N)=O. The van der Waals surface area contributed by atoms with Crippen LogP contribution in [-0.4, -0.2) is 12.7 Å². The van der Waals surface area contributed by atoms with E-state index in [1.54, 1.807) is 0 Å². The Hall–Kier alpha value is -0.990. The lowest BCUT2D eigenvalue weighted by atomic mass is 10.2. The highest BCUT2D eigenvalue weighted by Crippen LogP contribution is 1.99. The van der Waals surface area contributed by atoms with Gasteiger partial charge in [0, 0.05) is 0 Å². The van der Waals surface area contributed by atoms with Crippen LogP contribution >= 0.6 is 0 Å². The first-order valence-electron chi connectivity index (χ1n) is 4.34. The molecule has 2 N–H and O–H groups in total. The minimum atomic E-state index is -0.715. The van der Waals surface area contributed by atoms with Gasteiger partial charge in [-0.2, -0.15) is 0 Å². The largest absolute Gasteiger partial charge is 0.445 e. The van der Waals surface area contributed by atoms with E-state index in [4.69, 9.17) is 5.73 Å². The van der Waals surface area contributed by atoms with Crippen molar-refractivity contribution in [2.24, 2.45) is 5.73 Å². The third-order valence-electron chi connectivity index (χ3n) is 1.46. The number of amides is 1. The van der Waals surface area contributed by atoms with Gasteiger partial charge in [0.05, 0.1) is 0 Å². The van der Waals surface area contributed by atoms with Crippen LogP contribution in [0.1, 0.15) is 32.6 Å². The number of primary amides is 1. The molecular weight excluding hydrogens is 154 g/mol. The molecular formula is C9H17NO2. The summed E-state index contributed by atoms with van der Waals surface area (Å²) in [5, 5.41) is 0. The Labute approximate surface area is 73.6 Å². The van der Waals surface area contributed by atoms with Gasteiger partial charge in [-0.3, -0.25) is 0 Å². The lowest BCUT2D eigenvalue weighted by molar-refractivity contribution is 0.169. The van der Waals surface area contributed by atoms with Crippen molar-refractivity contribution in [2.75, 3.05) is 6.61 Å². The van der Waals surface area contributed by atoms with Gasteiger partial charge in [-0.05, 0) is 12.8 Å². The second-order valence-corrected chi connectivity index (χ2v) is 2.60. The predicted molar refractivity (Wildman–Crippen MR) is 48.8 cm³/mol. The van der Waals surface area contributed by atoms with Crippen LogP contribution < -0.4 is 5.73 Å². The fraction of sp³-hybridized carbons (Fsp3) is 0.667. The minimum Gasteiger partial charge on any atom is -0.445 e. The molecule has 0 spiro atoms. The van der Waals surface area contributed by atoms with Gasteiger partial charge in [0.2, 0.25) is 0 Å². The van der Waals surface area contributed by atoms with Crippen LogP contribution in [-0.2, 0) is 4.74 Å². The highest BCUT2D eigenvalue weighted by molar-refractivity contribution is 5.64. The summed E-state index contributed by atoms with van der Waals surface area (Å²) in [4.78, 5) is 10.1. The van der Waals surface area contributed by atoms with Gasteiger partial charge in [0.15, 0.2) is 0 Å². The van der Waals surface area contributed by atoms with Gasteiger partial charge in [-0.15, -0.1) is 0 Å². The Balaban J connectivity index is 3.09. The minimum absolute atomic E-state index is 0.293. The summed E-state index contributed by atoms with van der Waals surface area (Å²) in [6.45, 7) is 2.46. The zero-order chi connectivity index (χ0) is 9.23. The molecule has 0 radical (unpaired) electrons. The summed E-state index contributed by atoms with van der Waals surface area (Å²) < 4.78 is 4.50. The van der Waals surface area contributed by atoms with E-state index in [1.165, 1.54) is 19.3 Å². The van der Waals surface area contributed by atoms with E-state index in [9.17, 15) is 4.79 Å². The molecule has 0 aromatic carbocycles. The Morgan fingerprint density at radius 1 is 1.42 bits per heavy atom. The smallest absolute Gasteiger partial charge is 0.404 e. The number of ether oxygens (including phenoxy) is 1. The van der Waals surface area contributed by atoms with Crippen molar-refractivity contribution in [3.63, 3.8) is 0 Å². The maximum atomic E-state index is 10.1. The first-order chi connectivity index (χ1) is 5.77. The van der Waals surface area contributed by atoms with Gasteiger partial charge >= 0.3 is 6.09 Å². The Kier molecular flexibility index (Phi) is 7.44. The molecule has 3 nitrogen and oxygen atoms in total. The molecule has 12 heavy (non-hydrogen) atoms. The van der Waals surface area contributed by atoms with Gasteiger partial charge in [-0.1, -0.05) is 31.9 Å². The topological polar surface area (TPSA) is 52.3 Å². The number of hydrogen-bond donors (Lipinski definition) is 1. The molecule has 0 aliphatic carbocycles. The van der Waals surface area contributed by atoms with Crippen molar-refractivity contribution >= 4 is 6.09 Å². The number of hydrogen-bond acceptors (Lipinski definition) is 2. The lowest BCUT2D eigenvalue weighted by Gasteiger charge is -1.94. The third-order valence-corrected chi connectivity index (χ3v) is 1.46.